The van der Waals surface area contributed by atoms with Crippen LogP contribution in [0, 0.1) is 0 Å². The first kappa shape index (κ1) is 19.3. The third kappa shape index (κ3) is 4.15. The van der Waals surface area contributed by atoms with E-state index in [9.17, 15) is 4.79 Å². The summed E-state index contributed by atoms with van der Waals surface area (Å²) in [6.45, 7) is 5.93. The molecule has 0 spiro atoms. The summed E-state index contributed by atoms with van der Waals surface area (Å²) in [7, 11) is 0. The molecule has 3 nitrogen and oxygen atoms in total. The van der Waals surface area contributed by atoms with E-state index in [0.717, 1.165) is 31.4 Å². The van der Waals surface area contributed by atoms with Crippen molar-refractivity contribution in [2.45, 2.75) is 51.0 Å². The van der Waals surface area contributed by atoms with Crippen LogP contribution in [-0.4, -0.2) is 25.0 Å². The fourth-order valence-corrected chi connectivity index (χ4v) is 3.32. The molecular formula is C17H26Cl2N2O. The summed E-state index contributed by atoms with van der Waals surface area (Å²) in [6, 6.07) is 8.10. The van der Waals surface area contributed by atoms with E-state index in [-0.39, 0.29) is 18.3 Å². The van der Waals surface area contributed by atoms with Gasteiger partial charge in [0, 0.05) is 17.6 Å². The number of benzene rings is 1. The van der Waals surface area contributed by atoms with Crippen LogP contribution in [-0.2, 0) is 10.2 Å². The summed E-state index contributed by atoms with van der Waals surface area (Å²) in [5, 5.41) is 7.26. The highest BCUT2D eigenvalue weighted by molar-refractivity contribution is 6.30. The van der Waals surface area contributed by atoms with Crippen LogP contribution in [0.4, 0.5) is 0 Å². The largest absolute Gasteiger partial charge is 0.354 e. The second-order valence-electron chi connectivity index (χ2n) is 5.80. The van der Waals surface area contributed by atoms with Crippen LogP contribution < -0.4 is 10.6 Å². The normalized spacial score (nSPS) is 17.9. The van der Waals surface area contributed by atoms with Gasteiger partial charge in [0.2, 0.25) is 5.91 Å². The molecule has 0 radical (unpaired) electrons. The van der Waals surface area contributed by atoms with Gasteiger partial charge < -0.3 is 10.6 Å². The zero-order chi connectivity index (χ0) is 15.3. The molecule has 22 heavy (non-hydrogen) atoms. The number of nitrogens with one attached hydrogen (secondary N) is 2. The lowest BCUT2D eigenvalue weighted by molar-refractivity contribution is -0.127. The van der Waals surface area contributed by atoms with E-state index < -0.39 is 5.41 Å². The van der Waals surface area contributed by atoms with Crippen molar-refractivity contribution < 1.29 is 4.79 Å². The van der Waals surface area contributed by atoms with Crippen molar-refractivity contribution in [3.63, 3.8) is 0 Å². The first-order valence-corrected chi connectivity index (χ1v) is 8.28. The quantitative estimate of drug-likeness (QED) is 0.826. The van der Waals surface area contributed by atoms with Crippen LogP contribution >= 0.6 is 24.0 Å². The maximum Gasteiger partial charge on any atom is 0.230 e. The summed E-state index contributed by atoms with van der Waals surface area (Å²) in [5.41, 5.74) is 0.595. The molecule has 0 bridgehead atoms. The first-order chi connectivity index (χ1) is 10.1. The summed E-state index contributed by atoms with van der Waals surface area (Å²) in [4.78, 5) is 12.8. The number of hydrogen-bond acceptors (Lipinski definition) is 2. The minimum absolute atomic E-state index is 0. The Labute approximate surface area is 144 Å². The molecule has 1 aromatic rings. The number of carbonyl (C=O) groups is 1. The van der Waals surface area contributed by atoms with Gasteiger partial charge in [-0.1, -0.05) is 37.6 Å². The average Bonchev–Trinajstić information content (AvgIpc) is 3.02. The minimum Gasteiger partial charge on any atom is -0.354 e. The Morgan fingerprint density at radius 3 is 2.45 bits per heavy atom. The first-order valence-electron chi connectivity index (χ1n) is 7.90. The predicted octanol–water partition coefficient (Wildman–Crippen LogP) is 3.69. The minimum atomic E-state index is -0.455. The van der Waals surface area contributed by atoms with Crippen LogP contribution in [0.15, 0.2) is 24.3 Å². The lowest BCUT2D eigenvalue weighted by Gasteiger charge is -2.31. The second kappa shape index (κ2) is 8.76. The topological polar surface area (TPSA) is 41.1 Å². The molecule has 0 saturated carbocycles. The molecular weight excluding hydrogens is 319 g/mol. The van der Waals surface area contributed by atoms with Crippen molar-refractivity contribution in [1.82, 2.24) is 10.6 Å². The van der Waals surface area contributed by atoms with Gasteiger partial charge in [0.1, 0.15) is 0 Å². The van der Waals surface area contributed by atoms with Crippen molar-refractivity contribution in [2.75, 3.05) is 13.1 Å². The lowest BCUT2D eigenvalue weighted by atomic mass is 9.75. The Balaban J connectivity index is 0.00000242. The summed E-state index contributed by atoms with van der Waals surface area (Å²) in [6.07, 6.45) is 3.92. The summed E-state index contributed by atoms with van der Waals surface area (Å²) >= 11 is 5.97. The molecule has 0 aromatic heterocycles. The van der Waals surface area contributed by atoms with Gasteiger partial charge in [0.25, 0.3) is 0 Å². The highest BCUT2D eigenvalue weighted by atomic mass is 35.5. The Hall–Kier alpha value is -0.770. The third-order valence-electron chi connectivity index (χ3n) is 4.71. The van der Waals surface area contributed by atoms with Crippen LogP contribution in [0.3, 0.4) is 0 Å². The maximum absolute atomic E-state index is 12.8. The van der Waals surface area contributed by atoms with Gasteiger partial charge in [-0.15, -0.1) is 12.4 Å². The molecule has 0 aliphatic carbocycles. The van der Waals surface area contributed by atoms with Crippen molar-refractivity contribution in [1.29, 1.82) is 0 Å². The van der Waals surface area contributed by atoms with E-state index >= 15 is 0 Å². The molecule has 5 heteroatoms. The smallest absolute Gasteiger partial charge is 0.230 e. The van der Waals surface area contributed by atoms with Crippen LogP contribution in [0.2, 0.25) is 5.02 Å². The lowest BCUT2D eigenvalue weighted by Crippen LogP contribution is -2.47. The Morgan fingerprint density at radius 2 is 1.95 bits per heavy atom. The zero-order valence-electron chi connectivity index (χ0n) is 13.3. The van der Waals surface area contributed by atoms with Gasteiger partial charge in [-0.3, -0.25) is 4.79 Å². The van der Waals surface area contributed by atoms with Crippen molar-refractivity contribution in [3.05, 3.63) is 34.9 Å². The van der Waals surface area contributed by atoms with Gasteiger partial charge in [0.15, 0.2) is 0 Å². The van der Waals surface area contributed by atoms with Gasteiger partial charge in [-0.05, 0) is 49.9 Å². The fraction of sp³-hybridized carbons (Fsp3) is 0.588. The Kier molecular flexibility index (Phi) is 7.67. The summed E-state index contributed by atoms with van der Waals surface area (Å²) < 4.78 is 0. The molecule has 1 unspecified atom stereocenters. The van der Waals surface area contributed by atoms with Crippen molar-refractivity contribution in [2.24, 2.45) is 0 Å². The van der Waals surface area contributed by atoms with Gasteiger partial charge in [-0.2, -0.15) is 0 Å². The Bertz CT molecular complexity index is 466. The fourth-order valence-electron chi connectivity index (χ4n) is 3.20. The number of rotatable bonds is 6. The molecule has 1 heterocycles. The average molecular weight is 345 g/mol. The van der Waals surface area contributed by atoms with Gasteiger partial charge in [-0.25, -0.2) is 0 Å². The SMILES string of the molecule is CCC(CC)(C(=O)NCC1CCCN1)c1ccc(Cl)cc1.Cl. The Morgan fingerprint density at radius 1 is 1.32 bits per heavy atom. The molecule has 1 aliphatic heterocycles. The maximum atomic E-state index is 12.8. The number of amides is 1. The molecule has 1 fully saturated rings. The van der Waals surface area contributed by atoms with Crippen LogP contribution in [0.5, 0.6) is 0 Å². The highest BCUT2D eigenvalue weighted by Gasteiger charge is 2.36. The summed E-state index contributed by atoms with van der Waals surface area (Å²) in [5.74, 6) is 0.128. The molecule has 2 rings (SSSR count). The third-order valence-corrected chi connectivity index (χ3v) is 4.96. The van der Waals surface area contributed by atoms with Gasteiger partial charge in [0.05, 0.1) is 5.41 Å². The predicted molar refractivity (Wildman–Crippen MR) is 95.0 cm³/mol. The van der Waals surface area contributed by atoms with Gasteiger partial charge >= 0.3 is 0 Å². The van der Waals surface area contributed by atoms with Crippen LogP contribution in [0.25, 0.3) is 0 Å². The van der Waals surface area contributed by atoms with E-state index in [0.29, 0.717) is 17.6 Å². The number of halogens is 2. The van der Waals surface area contributed by atoms with Crippen molar-refractivity contribution in [3.8, 4) is 0 Å². The zero-order valence-corrected chi connectivity index (χ0v) is 14.9. The highest BCUT2D eigenvalue weighted by Crippen LogP contribution is 2.32. The van der Waals surface area contributed by atoms with E-state index in [4.69, 9.17) is 11.6 Å². The molecule has 1 aromatic carbocycles. The second-order valence-corrected chi connectivity index (χ2v) is 6.24. The molecule has 1 amide bonds. The molecule has 1 atom stereocenters. The molecule has 1 aliphatic rings. The molecule has 124 valence electrons. The standard InChI is InChI=1S/C17H25ClN2O.ClH/c1-3-17(4-2,13-7-9-14(18)10-8-13)16(21)20-12-15-6-5-11-19-15;/h7-10,15,19H,3-6,11-12H2,1-2H3,(H,20,21);1H. The molecule has 2 N–H and O–H groups in total. The van der Waals surface area contributed by atoms with E-state index in [2.05, 4.69) is 24.5 Å². The monoisotopic (exact) mass is 344 g/mol. The van der Waals surface area contributed by atoms with E-state index in [1.165, 1.54) is 6.42 Å². The van der Waals surface area contributed by atoms with E-state index in [1.807, 2.05) is 24.3 Å². The number of carbonyl (C=O) groups excluding carboxylic acids is 1. The van der Waals surface area contributed by atoms with E-state index in [1.54, 1.807) is 0 Å². The van der Waals surface area contributed by atoms with Crippen LogP contribution in [0.1, 0.15) is 45.1 Å². The molecule has 1 saturated heterocycles. The van der Waals surface area contributed by atoms with Crippen molar-refractivity contribution >= 4 is 29.9 Å². The number of hydrogen-bond donors (Lipinski definition) is 2.